The fourth-order valence-corrected chi connectivity index (χ4v) is 3.76. The Bertz CT molecular complexity index is 805. The number of hydrogen-bond acceptors (Lipinski definition) is 2. The minimum absolute atomic E-state index is 0.511. The summed E-state index contributed by atoms with van der Waals surface area (Å²) in [4.78, 5) is 10.2. The highest BCUT2D eigenvalue weighted by Gasteiger charge is 2.24. The molecule has 3 heteroatoms. The van der Waals surface area contributed by atoms with Gasteiger partial charge < -0.3 is 4.98 Å². The zero-order valence-electron chi connectivity index (χ0n) is 13.6. The summed E-state index contributed by atoms with van der Waals surface area (Å²) in [5, 5.41) is 0. The minimum atomic E-state index is 0.511. The fourth-order valence-electron chi connectivity index (χ4n) is 3.76. The first-order valence-corrected chi connectivity index (χ1v) is 8.52. The Balaban J connectivity index is 1.61. The smallest absolute Gasteiger partial charge is 0.0931 e. The number of nitrogens with one attached hydrogen (secondary N) is 1. The number of aromatic nitrogens is 2. The van der Waals surface area contributed by atoms with Crippen LogP contribution in [0.5, 0.6) is 0 Å². The van der Waals surface area contributed by atoms with Gasteiger partial charge in [0.25, 0.3) is 0 Å². The number of hydrogen-bond donors (Lipinski definition) is 1. The molecule has 1 unspecified atom stereocenters. The molecule has 1 atom stereocenters. The average molecular weight is 305 g/mol. The topological polar surface area (TPSA) is 31.9 Å². The van der Waals surface area contributed by atoms with Crippen LogP contribution in [0.15, 0.2) is 48.8 Å². The van der Waals surface area contributed by atoms with Crippen LogP contribution in [0, 0.1) is 6.92 Å². The highest BCUT2D eigenvalue weighted by Crippen LogP contribution is 2.33. The first-order chi connectivity index (χ1) is 11.3. The molecule has 1 saturated heterocycles. The average Bonchev–Trinajstić information content (AvgIpc) is 3.03. The number of aryl methyl sites for hydroxylation is 1. The summed E-state index contributed by atoms with van der Waals surface area (Å²) in [7, 11) is 0. The van der Waals surface area contributed by atoms with Crippen LogP contribution in [0.4, 0.5) is 0 Å². The van der Waals surface area contributed by atoms with Crippen molar-refractivity contribution in [2.45, 2.75) is 38.8 Å². The molecule has 2 aromatic carbocycles. The number of imidazole rings is 1. The maximum Gasteiger partial charge on any atom is 0.0931 e. The Morgan fingerprint density at radius 1 is 1.17 bits per heavy atom. The van der Waals surface area contributed by atoms with E-state index in [2.05, 4.69) is 64.3 Å². The maximum atomic E-state index is 4.33. The molecule has 0 saturated carbocycles. The molecule has 23 heavy (non-hydrogen) atoms. The van der Waals surface area contributed by atoms with Crippen molar-refractivity contribution in [3.63, 3.8) is 0 Å². The number of rotatable bonds is 3. The zero-order chi connectivity index (χ0) is 15.6. The van der Waals surface area contributed by atoms with Gasteiger partial charge >= 0.3 is 0 Å². The third kappa shape index (κ3) is 3.02. The highest BCUT2D eigenvalue weighted by atomic mass is 15.2. The molecule has 0 radical (unpaired) electrons. The number of aromatic amines is 1. The summed E-state index contributed by atoms with van der Waals surface area (Å²) in [5.41, 5.74) is 6.36. The molecule has 2 heterocycles. The lowest BCUT2D eigenvalue weighted by Gasteiger charge is -2.36. The van der Waals surface area contributed by atoms with E-state index in [0.29, 0.717) is 6.04 Å². The van der Waals surface area contributed by atoms with Gasteiger partial charge in [0, 0.05) is 12.6 Å². The first kappa shape index (κ1) is 14.5. The summed E-state index contributed by atoms with van der Waals surface area (Å²) >= 11 is 0. The zero-order valence-corrected chi connectivity index (χ0v) is 13.6. The van der Waals surface area contributed by atoms with Crippen LogP contribution in [0.2, 0.25) is 0 Å². The van der Waals surface area contributed by atoms with Crippen molar-refractivity contribution in [1.29, 1.82) is 0 Å². The predicted molar refractivity (Wildman–Crippen MR) is 94.3 cm³/mol. The van der Waals surface area contributed by atoms with Gasteiger partial charge in [-0.1, -0.05) is 42.3 Å². The molecule has 1 aliphatic rings. The van der Waals surface area contributed by atoms with E-state index in [4.69, 9.17) is 0 Å². The molecule has 1 fully saturated rings. The van der Waals surface area contributed by atoms with Crippen molar-refractivity contribution in [2.24, 2.45) is 0 Å². The molecule has 1 aromatic heterocycles. The number of fused-ring (bicyclic) bond motifs is 1. The second kappa shape index (κ2) is 6.17. The number of likely N-dealkylation sites (tertiary alicyclic amines) is 1. The van der Waals surface area contributed by atoms with Crippen molar-refractivity contribution in [2.75, 3.05) is 6.54 Å². The van der Waals surface area contributed by atoms with E-state index in [1.54, 1.807) is 6.33 Å². The maximum absolute atomic E-state index is 4.33. The van der Waals surface area contributed by atoms with Gasteiger partial charge in [-0.25, -0.2) is 4.98 Å². The second-order valence-corrected chi connectivity index (χ2v) is 6.65. The van der Waals surface area contributed by atoms with E-state index in [-0.39, 0.29) is 0 Å². The molecule has 3 aromatic rings. The van der Waals surface area contributed by atoms with E-state index in [9.17, 15) is 0 Å². The first-order valence-electron chi connectivity index (χ1n) is 8.52. The van der Waals surface area contributed by atoms with E-state index >= 15 is 0 Å². The normalized spacial score (nSPS) is 19.3. The summed E-state index contributed by atoms with van der Waals surface area (Å²) in [6.07, 6.45) is 5.63. The second-order valence-electron chi connectivity index (χ2n) is 6.65. The van der Waals surface area contributed by atoms with E-state index in [1.165, 1.54) is 42.5 Å². The van der Waals surface area contributed by atoms with Crippen LogP contribution in [0.25, 0.3) is 11.0 Å². The van der Waals surface area contributed by atoms with E-state index in [0.717, 1.165) is 17.6 Å². The summed E-state index contributed by atoms with van der Waals surface area (Å²) in [5.74, 6) is 0. The molecular formula is C20H23N3. The number of nitrogens with zero attached hydrogens (tertiary/aromatic N) is 2. The Kier molecular flexibility index (Phi) is 3.88. The molecule has 4 rings (SSSR count). The Morgan fingerprint density at radius 3 is 3.04 bits per heavy atom. The Morgan fingerprint density at radius 2 is 2.13 bits per heavy atom. The van der Waals surface area contributed by atoms with Gasteiger partial charge in [-0.3, -0.25) is 4.90 Å². The van der Waals surface area contributed by atoms with Crippen molar-refractivity contribution in [3.8, 4) is 0 Å². The van der Waals surface area contributed by atoms with Gasteiger partial charge in [0.1, 0.15) is 0 Å². The third-order valence-electron chi connectivity index (χ3n) is 4.91. The van der Waals surface area contributed by atoms with Crippen molar-refractivity contribution in [1.82, 2.24) is 14.9 Å². The van der Waals surface area contributed by atoms with Crippen molar-refractivity contribution >= 4 is 11.0 Å². The van der Waals surface area contributed by atoms with Crippen LogP contribution in [-0.2, 0) is 6.54 Å². The lowest BCUT2D eigenvalue weighted by atomic mass is 9.94. The molecule has 0 spiro atoms. The molecule has 1 N–H and O–H groups in total. The fraction of sp³-hybridized carbons (Fsp3) is 0.350. The molecular weight excluding hydrogens is 282 g/mol. The molecule has 0 aliphatic carbocycles. The SMILES string of the molecule is Cc1cccc(CN2CCCCC2c2ccc3nc[nH]c3c2)c1. The van der Waals surface area contributed by atoms with Crippen LogP contribution >= 0.6 is 0 Å². The molecule has 0 amide bonds. The summed E-state index contributed by atoms with van der Waals surface area (Å²) in [6, 6.07) is 16.1. The highest BCUT2D eigenvalue weighted by molar-refractivity contribution is 5.75. The minimum Gasteiger partial charge on any atom is -0.345 e. The van der Waals surface area contributed by atoms with Gasteiger partial charge in [-0.15, -0.1) is 0 Å². The molecule has 3 nitrogen and oxygen atoms in total. The largest absolute Gasteiger partial charge is 0.345 e. The van der Waals surface area contributed by atoms with Gasteiger partial charge in [0.2, 0.25) is 0 Å². The quantitative estimate of drug-likeness (QED) is 0.767. The van der Waals surface area contributed by atoms with Gasteiger partial charge in [-0.05, 0) is 49.6 Å². The van der Waals surface area contributed by atoms with Crippen LogP contribution < -0.4 is 0 Å². The number of H-pyrrole nitrogens is 1. The standard InChI is InChI=1S/C20H23N3/c1-15-5-4-6-16(11-15)13-23-10-3-2-7-20(23)17-8-9-18-19(12-17)22-14-21-18/h4-6,8-9,11-12,14,20H,2-3,7,10,13H2,1H3,(H,21,22). The van der Waals surface area contributed by atoms with Crippen LogP contribution in [0.1, 0.15) is 42.0 Å². The molecule has 118 valence electrons. The van der Waals surface area contributed by atoms with Gasteiger partial charge in [-0.2, -0.15) is 0 Å². The van der Waals surface area contributed by atoms with Crippen molar-refractivity contribution in [3.05, 3.63) is 65.5 Å². The van der Waals surface area contributed by atoms with Crippen LogP contribution in [0.3, 0.4) is 0 Å². The van der Waals surface area contributed by atoms with E-state index < -0.39 is 0 Å². The van der Waals surface area contributed by atoms with Crippen LogP contribution in [-0.4, -0.2) is 21.4 Å². The van der Waals surface area contributed by atoms with Crippen molar-refractivity contribution < 1.29 is 0 Å². The number of piperidine rings is 1. The number of benzene rings is 2. The summed E-state index contributed by atoms with van der Waals surface area (Å²) in [6.45, 7) is 4.39. The summed E-state index contributed by atoms with van der Waals surface area (Å²) < 4.78 is 0. The third-order valence-corrected chi connectivity index (χ3v) is 4.91. The van der Waals surface area contributed by atoms with Gasteiger partial charge in [0.15, 0.2) is 0 Å². The van der Waals surface area contributed by atoms with E-state index in [1.807, 2.05) is 0 Å². The predicted octanol–water partition coefficient (Wildman–Crippen LogP) is 4.60. The lowest BCUT2D eigenvalue weighted by Crippen LogP contribution is -2.32. The molecule has 1 aliphatic heterocycles. The molecule has 0 bridgehead atoms. The Labute approximate surface area is 137 Å². The Hall–Kier alpha value is -2.13. The monoisotopic (exact) mass is 305 g/mol. The van der Waals surface area contributed by atoms with Gasteiger partial charge in [0.05, 0.1) is 17.4 Å². The lowest BCUT2D eigenvalue weighted by molar-refractivity contribution is 0.140.